The van der Waals surface area contributed by atoms with Crippen LogP contribution >= 0.6 is 11.3 Å². The first-order valence-corrected chi connectivity index (χ1v) is 15.9. The van der Waals surface area contributed by atoms with E-state index in [2.05, 4.69) is 152 Å². The molecular weight excluding hydrogens is 567 g/mol. The fraction of sp³-hybridized carbons (Fsp3) is 0. The van der Waals surface area contributed by atoms with Gasteiger partial charge in [-0.25, -0.2) is 15.0 Å². The Hall–Kier alpha value is -5.71. The zero-order valence-corrected chi connectivity index (χ0v) is 25.0. The number of hydrogen-bond acceptors (Lipinski definition) is 4. The summed E-state index contributed by atoms with van der Waals surface area (Å²) in [6.45, 7) is 0. The summed E-state index contributed by atoms with van der Waals surface area (Å²) in [5.74, 6) is 2.00. The molecule has 0 radical (unpaired) electrons. The van der Waals surface area contributed by atoms with Crippen molar-refractivity contribution in [3.8, 4) is 45.3 Å². The van der Waals surface area contributed by atoms with Crippen molar-refractivity contribution in [3.63, 3.8) is 0 Å². The third kappa shape index (κ3) is 4.38. The molecule has 7 aromatic carbocycles. The number of benzene rings is 7. The van der Waals surface area contributed by atoms with E-state index in [1.165, 1.54) is 42.1 Å². The Morgan fingerprint density at radius 1 is 0.356 bits per heavy atom. The monoisotopic (exact) mass is 591 g/mol. The number of fused-ring (bicyclic) bond motifs is 5. The molecule has 45 heavy (non-hydrogen) atoms. The Morgan fingerprint density at radius 3 is 1.82 bits per heavy atom. The molecule has 0 spiro atoms. The molecule has 0 N–H and O–H groups in total. The maximum Gasteiger partial charge on any atom is 0.165 e. The van der Waals surface area contributed by atoms with Crippen molar-refractivity contribution in [3.05, 3.63) is 152 Å². The van der Waals surface area contributed by atoms with E-state index < -0.39 is 0 Å². The molecule has 0 aliphatic heterocycles. The van der Waals surface area contributed by atoms with Gasteiger partial charge in [0, 0.05) is 36.9 Å². The van der Waals surface area contributed by atoms with Gasteiger partial charge in [-0.3, -0.25) is 0 Å². The predicted molar refractivity (Wildman–Crippen MR) is 189 cm³/mol. The summed E-state index contributed by atoms with van der Waals surface area (Å²) >= 11 is 1.79. The standard InChI is InChI=1S/C41H25N3S/c1-2-12-27(13-3-1)30-23-24-35(32-16-7-6-15-31(30)32)40-42-39(29-22-21-26-11-4-5-14-28(26)25-29)43-41(44-40)36-19-10-18-34-33-17-8-9-20-37(33)45-38(34)36/h1-25H. The number of thiophene rings is 1. The summed E-state index contributed by atoms with van der Waals surface area (Å²) in [6, 6.07) is 53.3. The molecule has 0 atom stereocenters. The third-order valence-corrected chi connectivity index (χ3v) is 9.76. The molecule has 0 saturated heterocycles. The fourth-order valence-electron chi connectivity index (χ4n) is 6.36. The minimum absolute atomic E-state index is 0.662. The van der Waals surface area contributed by atoms with E-state index in [-0.39, 0.29) is 0 Å². The first-order valence-electron chi connectivity index (χ1n) is 15.0. The van der Waals surface area contributed by atoms with E-state index in [0.717, 1.165) is 27.5 Å². The lowest BCUT2D eigenvalue weighted by Gasteiger charge is -2.13. The quantitative estimate of drug-likeness (QED) is 0.204. The molecule has 0 aliphatic rings. The van der Waals surface area contributed by atoms with Gasteiger partial charge in [0.05, 0.1) is 0 Å². The highest BCUT2D eigenvalue weighted by Crippen LogP contribution is 2.40. The lowest BCUT2D eigenvalue weighted by molar-refractivity contribution is 1.08. The lowest BCUT2D eigenvalue weighted by Crippen LogP contribution is -2.01. The molecule has 0 unspecified atom stereocenters. The third-order valence-electron chi connectivity index (χ3n) is 8.54. The summed E-state index contributed by atoms with van der Waals surface area (Å²) in [4.78, 5) is 15.5. The van der Waals surface area contributed by atoms with Crippen molar-refractivity contribution >= 4 is 53.1 Å². The van der Waals surface area contributed by atoms with Crippen molar-refractivity contribution in [2.24, 2.45) is 0 Å². The molecule has 9 aromatic rings. The molecule has 0 amide bonds. The van der Waals surface area contributed by atoms with Gasteiger partial charge in [-0.1, -0.05) is 127 Å². The van der Waals surface area contributed by atoms with E-state index in [4.69, 9.17) is 15.0 Å². The van der Waals surface area contributed by atoms with Gasteiger partial charge in [0.15, 0.2) is 17.5 Å². The number of hydrogen-bond donors (Lipinski definition) is 0. The van der Waals surface area contributed by atoms with Gasteiger partial charge in [-0.05, 0) is 56.9 Å². The predicted octanol–water partition coefficient (Wildman–Crippen LogP) is 11.2. The van der Waals surface area contributed by atoms with E-state index in [9.17, 15) is 0 Å². The van der Waals surface area contributed by atoms with E-state index in [1.807, 2.05) is 0 Å². The van der Waals surface area contributed by atoms with Gasteiger partial charge >= 0.3 is 0 Å². The Labute approximate surface area is 264 Å². The van der Waals surface area contributed by atoms with E-state index >= 15 is 0 Å². The molecule has 0 fully saturated rings. The van der Waals surface area contributed by atoms with Crippen LogP contribution in [0.2, 0.25) is 0 Å². The van der Waals surface area contributed by atoms with Crippen LogP contribution in [-0.4, -0.2) is 15.0 Å². The van der Waals surface area contributed by atoms with Crippen LogP contribution < -0.4 is 0 Å². The van der Waals surface area contributed by atoms with E-state index in [1.54, 1.807) is 11.3 Å². The molecule has 0 bridgehead atoms. The topological polar surface area (TPSA) is 38.7 Å². The summed E-state index contributed by atoms with van der Waals surface area (Å²) in [5, 5.41) is 7.10. The molecule has 2 heterocycles. The largest absolute Gasteiger partial charge is 0.208 e. The zero-order chi connectivity index (χ0) is 29.7. The smallest absolute Gasteiger partial charge is 0.165 e. The van der Waals surface area contributed by atoms with Gasteiger partial charge in [0.25, 0.3) is 0 Å². The van der Waals surface area contributed by atoms with Gasteiger partial charge in [0.2, 0.25) is 0 Å². The molecule has 0 aliphatic carbocycles. The minimum Gasteiger partial charge on any atom is -0.208 e. The van der Waals surface area contributed by atoms with Crippen LogP contribution in [0.4, 0.5) is 0 Å². The molecule has 0 saturated carbocycles. The maximum atomic E-state index is 5.22. The second-order valence-corrected chi connectivity index (χ2v) is 12.3. The number of rotatable bonds is 4. The van der Waals surface area contributed by atoms with Crippen LogP contribution in [0.25, 0.3) is 87.0 Å². The summed E-state index contributed by atoms with van der Waals surface area (Å²) < 4.78 is 2.44. The average Bonchev–Trinajstić information content (AvgIpc) is 3.50. The van der Waals surface area contributed by atoms with Crippen LogP contribution in [0.5, 0.6) is 0 Å². The van der Waals surface area contributed by atoms with Gasteiger partial charge in [0.1, 0.15) is 0 Å². The lowest BCUT2D eigenvalue weighted by atomic mass is 9.94. The van der Waals surface area contributed by atoms with Crippen molar-refractivity contribution in [2.75, 3.05) is 0 Å². The fourth-order valence-corrected chi connectivity index (χ4v) is 7.57. The first kappa shape index (κ1) is 25.8. The highest BCUT2D eigenvalue weighted by Gasteiger charge is 2.18. The highest BCUT2D eigenvalue weighted by atomic mass is 32.1. The van der Waals surface area contributed by atoms with Crippen LogP contribution in [0.15, 0.2) is 152 Å². The number of nitrogens with zero attached hydrogens (tertiary/aromatic N) is 3. The molecule has 210 valence electrons. The SMILES string of the molecule is c1ccc(-c2ccc(-c3nc(-c4ccc5ccccc5c4)nc(-c4cccc5c4sc4ccccc45)n3)c3ccccc23)cc1. The maximum absolute atomic E-state index is 5.22. The Balaban J connectivity index is 1.31. The second kappa shape index (κ2) is 10.5. The average molecular weight is 592 g/mol. The second-order valence-electron chi connectivity index (χ2n) is 11.2. The minimum atomic E-state index is 0.662. The van der Waals surface area contributed by atoms with Crippen LogP contribution in [0.3, 0.4) is 0 Å². The Kier molecular flexibility index (Phi) is 6.00. The summed E-state index contributed by atoms with van der Waals surface area (Å²) in [7, 11) is 0. The molecule has 3 nitrogen and oxygen atoms in total. The molecule has 4 heteroatoms. The molecule has 9 rings (SSSR count). The van der Waals surface area contributed by atoms with Crippen molar-refractivity contribution in [2.45, 2.75) is 0 Å². The number of aromatic nitrogens is 3. The van der Waals surface area contributed by atoms with Crippen molar-refractivity contribution < 1.29 is 0 Å². The van der Waals surface area contributed by atoms with Crippen molar-refractivity contribution in [1.82, 2.24) is 15.0 Å². The Bertz CT molecular complexity index is 2550. The summed E-state index contributed by atoms with van der Waals surface area (Å²) in [5.41, 5.74) is 5.34. The zero-order valence-electron chi connectivity index (χ0n) is 24.2. The van der Waals surface area contributed by atoms with Crippen LogP contribution in [-0.2, 0) is 0 Å². The van der Waals surface area contributed by atoms with Crippen LogP contribution in [0, 0.1) is 0 Å². The Morgan fingerprint density at radius 2 is 0.978 bits per heavy atom. The van der Waals surface area contributed by atoms with Crippen LogP contribution in [0.1, 0.15) is 0 Å². The molecular formula is C41H25N3S. The van der Waals surface area contributed by atoms with Gasteiger partial charge in [-0.15, -0.1) is 11.3 Å². The van der Waals surface area contributed by atoms with Crippen molar-refractivity contribution in [1.29, 1.82) is 0 Å². The summed E-state index contributed by atoms with van der Waals surface area (Å²) in [6.07, 6.45) is 0. The molecule has 2 aromatic heterocycles. The highest BCUT2D eigenvalue weighted by molar-refractivity contribution is 7.26. The van der Waals surface area contributed by atoms with Gasteiger partial charge in [-0.2, -0.15) is 0 Å². The normalized spacial score (nSPS) is 11.6. The van der Waals surface area contributed by atoms with E-state index in [0.29, 0.717) is 17.5 Å². The van der Waals surface area contributed by atoms with Gasteiger partial charge < -0.3 is 0 Å². The first-order chi connectivity index (χ1) is 22.3.